The number of anilines is 1. The van der Waals surface area contributed by atoms with Gasteiger partial charge in [-0.25, -0.2) is 0 Å². The summed E-state index contributed by atoms with van der Waals surface area (Å²) in [6.45, 7) is 10.5. The molecule has 1 N–H and O–H groups in total. The SMILES string of the molecule is CCC(C(=O)Nc1c(C)cccc1C)[PH](C)(C)CC(=O)OCc1ccccc1. The van der Waals surface area contributed by atoms with E-state index in [1.807, 2.05) is 69.3 Å². The molecule has 5 heteroatoms. The molecular weight excluding hydrogens is 369 g/mol. The van der Waals surface area contributed by atoms with Crippen molar-refractivity contribution in [1.82, 2.24) is 0 Å². The summed E-state index contributed by atoms with van der Waals surface area (Å²) in [5, 5.41) is 3.11. The number of ether oxygens (including phenoxy) is 1. The number of carbonyl (C=O) groups is 2. The normalized spacial score (nSPS) is 12.9. The van der Waals surface area contributed by atoms with Crippen LogP contribution in [0.1, 0.15) is 30.0 Å². The Hall–Kier alpha value is -2.19. The van der Waals surface area contributed by atoms with Crippen LogP contribution < -0.4 is 5.32 Å². The van der Waals surface area contributed by atoms with Gasteiger partial charge in [0, 0.05) is 0 Å². The van der Waals surface area contributed by atoms with E-state index in [2.05, 4.69) is 18.6 Å². The van der Waals surface area contributed by atoms with Crippen LogP contribution in [0.3, 0.4) is 0 Å². The molecule has 0 fully saturated rings. The van der Waals surface area contributed by atoms with Crippen molar-refractivity contribution in [2.75, 3.05) is 24.8 Å². The van der Waals surface area contributed by atoms with Gasteiger partial charge in [-0.3, -0.25) is 0 Å². The van der Waals surface area contributed by atoms with Crippen molar-refractivity contribution < 1.29 is 14.3 Å². The average Bonchev–Trinajstić information content (AvgIpc) is 2.64. The van der Waals surface area contributed by atoms with E-state index in [9.17, 15) is 9.59 Å². The summed E-state index contributed by atoms with van der Waals surface area (Å²) in [5.41, 5.74) is 3.78. The fourth-order valence-corrected chi connectivity index (χ4v) is 6.58. The van der Waals surface area contributed by atoms with E-state index in [1.54, 1.807) is 0 Å². The van der Waals surface area contributed by atoms with Crippen LogP contribution in [0.2, 0.25) is 0 Å². The summed E-state index contributed by atoms with van der Waals surface area (Å²) >= 11 is 0. The first-order valence-electron chi connectivity index (χ1n) is 9.81. The number of benzene rings is 2. The standard InChI is InChI=1S/C23H32NO3P/c1-6-20(23(26)24-22-17(2)11-10-12-18(22)3)28(4,5)16-21(25)27-15-19-13-8-7-9-14-19/h7-14,20,28H,6,15-16H2,1-5H3,(H,24,26). The van der Waals surface area contributed by atoms with Gasteiger partial charge in [0.2, 0.25) is 0 Å². The molecule has 2 aromatic rings. The zero-order valence-electron chi connectivity index (χ0n) is 17.5. The average molecular weight is 401 g/mol. The van der Waals surface area contributed by atoms with Gasteiger partial charge in [0.25, 0.3) is 0 Å². The molecule has 28 heavy (non-hydrogen) atoms. The molecule has 0 spiro atoms. The van der Waals surface area contributed by atoms with Crippen LogP contribution in [0.5, 0.6) is 0 Å². The van der Waals surface area contributed by atoms with Crippen LogP contribution in [-0.2, 0) is 20.9 Å². The molecule has 1 amide bonds. The van der Waals surface area contributed by atoms with Gasteiger partial charge in [-0.1, -0.05) is 0 Å². The molecule has 0 aromatic heterocycles. The van der Waals surface area contributed by atoms with Crippen LogP contribution >= 0.6 is 7.26 Å². The Kier molecular flexibility index (Phi) is 7.77. The molecule has 0 aliphatic rings. The van der Waals surface area contributed by atoms with E-state index in [1.165, 1.54) is 0 Å². The number of nitrogens with one attached hydrogen (secondary N) is 1. The molecule has 4 nitrogen and oxygen atoms in total. The molecule has 0 bridgehead atoms. The third-order valence-electron chi connectivity index (χ3n) is 5.24. The first-order valence-corrected chi connectivity index (χ1v) is 13.1. The number of esters is 1. The molecule has 2 aromatic carbocycles. The summed E-state index contributed by atoms with van der Waals surface area (Å²) in [4.78, 5) is 25.4. The van der Waals surface area contributed by atoms with Gasteiger partial charge < -0.3 is 0 Å². The van der Waals surface area contributed by atoms with Crippen molar-refractivity contribution in [3.63, 3.8) is 0 Å². The second-order valence-corrected chi connectivity index (χ2v) is 13.1. The molecule has 1 atom stereocenters. The monoisotopic (exact) mass is 401 g/mol. The van der Waals surface area contributed by atoms with Gasteiger partial charge in [0.1, 0.15) is 0 Å². The fraction of sp³-hybridized carbons (Fsp3) is 0.391. The molecule has 152 valence electrons. The molecule has 0 radical (unpaired) electrons. The van der Waals surface area contributed by atoms with Gasteiger partial charge in [-0.2, -0.15) is 0 Å². The summed E-state index contributed by atoms with van der Waals surface area (Å²) in [7, 11) is -2.17. The van der Waals surface area contributed by atoms with Gasteiger partial charge in [-0.15, -0.1) is 0 Å². The van der Waals surface area contributed by atoms with Crippen molar-refractivity contribution >= 4 is 24.8 Å². The van der Waals surface area contributed by atoms with E-state index in [-0.39, 0.29) is 24.1 Å². The number of aryl methyl sites for hydroxylation is 2. The van der Waals surface area contributed by atoms with Crippen molar-refractivity contribution in [1.29, 1.82) is 0 Å². The zero-order chi connectivity index (χ0) is 20.7. The van der Waals surface area contributed by atoms with Gasteiger partial charge in [0.05, 0.1) is 0 Å². The van der Waals surface area contributed by atoms with Crippen LogP contribution in [0.4, 0.5) is 5.69 Å². The number of rotatable bonds is 8. The molecule has 0 saturated heterocycles. The molecule has 0 saturated carbocycles. The Morgan fingerprint density at radius 2 is 1.61 bits per heavy atom. The Labute approximate surface area is 169 Å². The van der Waals surface area contributed by atoms with Gasteiger partial charge >= 0.3 is 169 Å². The van der Waals surface area contributed by atoms with Crippen LogP contribution in [0.15, 0.2) is 48.5 Å². The Morgan fingerprint density at radius 3 is 2.18 bits per heavy atom. The van der Waals surface area contributed by atoms with Gasteiger partial charge in [0.15, 0.2) is 0 Å². The maximum absolute atomic E-state index is 13.0. The van der Waals surface area contributed by atoms with Crippen molar-refractivity contribution in [2.45, 2.75) is 39.5 Å². The molecule has 1 unspecified atom stereocenters. The minimum absolute atomic E-state index is 0.00688. The fourth-order valence-electron chi connectivity index (χ4n) is 3.60. The number of hydrogen-bond donors (Lipinski definition) is 1. The predicted molar refractivity (Wildman–Crippen MR) is 120 cm³/mol. The van der Waals surface area contributed by atoms with Gasteiger partial charge in [-0.05, 0) is 0 Å². The predicted octanol–water partition coefficient (Wildman–Crippen LogP) is 4.77. The Bertz CT molecular complexity index is 798. The number of carbonyl (C=O) groups excluding carboxylic acids is 2. The third kappa shape index (κ3) is 5.90. The number of para-hydroxylation sites is 1. The Morgan fingerprint density at radius 1 is 1.00 bits per heavy atom. The van der Waals surface area contributed by atoms with E-state index < -0.39 is 7.26 Å². The van der Waals surface area contributed by atoms with Crippen LogP contribution in [-0.4, -0.2) is 37.0 Å². The Balaban J connectivity index is 2.02. The topological polar surface area (TPSA) is 55.4 Å². The van der Waals surface area contributed by atoms with E-state index in [4.69, 9.17) is 4.74 Å². The van der Waals surface area contributed by atoms with Crippen molar-refractivity contribution in [3.8, 4) is 0 Å². The molecule has 0 aliphatic carbocycles. The van der Waals surface area contributed by atoms with E-state index in [0.717, 1.165) is 22.4 Å². The maximum atomic E-state index is 13.0. The molecular formula is C23H32NO3P. The summed E-state index contributed by atoms with van der Waals surface area (Å²) in [6.07, 6.45) is 1.04. The molecule has 0 heterocycles. The summed E-state index contributed by atoms with van der Waals surface area (Å²) < 4.78 is 5.46. The number of hydrogen-bond acceptors (Lipinski definition) is 3. The second kappa shape index (κ2) is 9.84. The second-order valence-electron chi connectivity index (χ2n) is 8.03. The van der Waals surface area contributed by atoms with Crippen LogP contribution in [0, 0.1) is 13.8 Å². The first kappa shape index (κ1) is 22.1. The summed E-state index contributed by atoms with van der Waals surface area (Å²) in [5.74, 6) is -0.216. The van der Waals surface area contributed by atoms with Crippen molar-refractivity contribution in [3.05, 3.63) is 65.2 Å². The third-order valence-corrected chi connectivity index (χ3v) is 9.00. The van der Waals surface area contributed by atoms with Crippen molar-refractivity contribution in [2.24, 2.45) is 0 Å². The first-order chi connectivity index (χ1) is 13.2. The quantitative estimate of drug-likeness (QED) is 0.512. The zero-order valence-corrected chi connectivity index (χ0v) is 18.5. The number of amides is 1. The molecule has 2 rings (SSSR count). The van der Waals surface area contributed by atoms with Crippen LogP contribution in [0.25, 0.3) is 0 Å². The van der Waals surface area contributed by atoms with E-state index >= 15 is 0 Å². The molecule has 0 aliphatic heterocycles. The van der Waals surface area contributed by atoms with E-state index in [0.29, 0.717) is 12.6 Å². The summed E-state index contributed by atoms with van der Waals surface area (Å²) in [6, 6.07) is 15.6. The minimum atomic E-state index is -2.17.